The molecule has 3 nitrogen and oxygen atoms in total. The van der Waals surface area contributed by atoms with E-state index in [4.69, 9.17) is 0 Å². The number of nitrogens with one attached hydrogen (secondary N) is 2. The minimum absolute atomic E-state index is 0.116. The minimum atomic E-state index is 0.116. The van der Waals surface area contributed by atoms with Gasteiger partial charge in [0.05, 0.1) is 0 Å². The molecule has 0 saturated heterocycles. The number of amides is 1. The van der Waals surface area contributed by atoms with Crippen molar-refractivity contribution in [3.8, 4) is 0 Å². The van der Waals surface area contributed by atoms with Crippen LogP contribution in [0.25, 0.3) is 0 Å². The van der Waals surface area contributed by atoms with Crippen LogP contribution >= 0.6 is 11.8 Å². The van der Waals surface area contributed by atoms with Crippen LogP contribution in [0, 0.1) is 0 Å². The molecule has 94 valence electrons. The molecule has 0 atom stereocenters. The highest BCUT2D eigenvalue weighted by atomic mass is 32.2. The summed E-state index contributed by atoms with van der Waals surface area (Å²) in [5.41, 5.74) is 0. The Bertz CT molecular complexity index is 316. The van der Waals surface area contributed by atoms with E-state index in [0.29, 0.717) is 6.42 Å². The Labute approximate surface area is 107 Å². The molecule has 17 heavy (non-hydrogen) atoms. The van der Waals surface area contributed by atoms with Crippen molar-refractivity contribution in [1.82, 2.24) is 10.6 Å². The third-order valence-electron chi connectivity index (χ3n) is 2.33. The van der Waals surface area contributed by atoms with Crippen molar-refractivity contribution in [3.05, 3.63) is 30.3 Å². The summed E-state index contributed by atoms with van der Waals surface area (Å²) in [4.78, 5) is 12.2. The van der Waals surface area contributed by atoms with Crippen LogP contribution in [-0.2, 0) is 4.79 Å². The summed E-state index contributed by atoms with van der Waals surface area (Å²) in [6.45, 7) is 1.88. The predicted molar refractivity (Wildman–Crippen MR) is 73.3 cm³/mol. The van der Waals surface area contributed by atoms with Crippen molar-refractivity contribution >= 4 is 17.7 Å². The van der Waals surface area contributed by atoms with Crippen LogP contribution in [0.5, 0.6) is 0 Å². The zero-order chi connectivity index (χ0) is 12.3. The summed E-state index contributed by atoms with van der Waals surface area (Å²) < 4.78 is 0. The molecule has 0 fully saturated rings. The van der Waals surface area contributed by atoms with Gasteiger partial charge in [-0.15, -0.1) is 11.8 Å². The summed E-state index contributed by atoms with van der Waals surface area (Å²) in [5.74, 6) is 1.18. The summed E-state index contributed by atoms with van der Waals surface area (Å²) in [6.07, 6.45) is 1.50. The number of benzene rings is 1. The first-order valence-electron chi connectivity index (χ1n) is 5.92. The molecule has 0 heterocycles. The molecule has 1 rings (SSSR count). The first-order chi connectivity index (χ1) is 8.33. The van der Waals surface area contributed by atoms with E-state index in [0.717, 1.165) is 25.3 Å². The Hall–Kier alpha value is -1.00. The van der Waals surface area contributed by atoms with Crippen LogP contribution in [0.3, 0.4) is 0 Å². The molecule has 1 aromatic rings. The number of hydrogen-bond acceptors (Lipinski definition) is 3. The molecular weight excluding hydrogens is 232 g/mol. The molecule has 2 N–H and O–H groups in total. The molecule has 4 heteroatoms. The van der Waals surface area contributed by atoms with Gasteiger partial charge in [0, 0.05) is 30.7 Å². The fourth-order valence-electron chi connectivity index (χ4n) is 1.38. The molecule has 0 radical (unpaired) electrons. The van der Waals surface area contributed by atoms with Crippen LogP contribution in [0.15, 0.2) is 35.2 Å². The Balaban J connectivity index is 1.93. The van der Waals surface area contributed by atoms with E-state index in [1.54, 1.807) is 7.05 Å². The first-order valence-corrected chi connectivity index (χ1v) is 6.90. The Morgan fingerprint density at radius 2 is 2.00 bits per heavy atom. The molecule has 0 spiro atoms. The van der Waals surface area contributed by atoms with Crippen molar-refractivity contribution in [1.29, 1.82) is 0 Å². The van der Waals surface area contributed by atoms with E-state index in [2.05, 4.69) is 34.9 Å². The lowest BCUT2D eigenvalue weighted by Gasteiger charge is -2.04. The quantitative estimate of drug-likeness (QED) is 0.548. The normalized spacial score (nSPS) is 10.2. The van der Waals surface area contributed by atoms with Crippen LogP contribution in [0.2, 0.25) is 0 Å². The average molecular weight is 252 g/mol. The highest BCUT2D eigenvalue weighted by Crippen LogP contribution is 2.15. The van der Waals surface area contributed by atoms with Crippen molar-refractivity contribution in [2.45, 2.75) is 17.7 Å². The molecule has 0 aliphatic carbocycles. The molecule has 0 aromatic heterocycles. The lowest BCUT2D eigenvalue weighted by molar-refractivity contribution is -0.120. The molecular formula is C13H20N2OS. The second kappa shape index (κ2) is 9.07. The van der Waals surface area contributed by atoms with Crippen molar-refractivity contribution < 1.29 is 4.79 Å². The van der Waals surface area contributed by atoms with Crippen molar-refractivity contribution in [2.24, 2.45) is 0 Å². The zero-order valence-electron chi connectivity index (χ0n) is 10.2. The van der Waals surface area contributed by atoms with Gasteiger partial charge >= 0.3 is 0 Å². The highest BCUT2D eigenvalue weighted by Gasteiger charge is 1.96. The van der Waals surface area contributed by atoms with Crippen molar-refractivity contribution in [2.75, 3.05) is 25.9 Å². The van der Waals surface area contributed by atoms with Gasteiger partial charge in [-0.05, 0) is 25.1 Å². The predicted octanol–water partition coefficient (Wildman–Crippen LogP) is 1.89. The van der Waals surface area contributed by atoms with Gasteiger partial charge in [-0.3, -0.25) is 4.79 Å². The van der Waals surface area contributed by atoms with Gasteiger partial charge in [0.15, 0.2) is 0 Å². The third-order valence-corrected chi connectivity index (χ3v) is 3.34. The summed E-state index contributed by atoms with van der Waals surface area (Å²) in [5, 5.41) is 5.95. The summed E-state index contributed by atoms with van der Waals surface area (Å²) >= 11 is 1.85. The molecule has 0 saturated carbocycles. The monoisotopic (exact) mass is 252 g/mol. The van der Waals surface area contributed by atoms with Gasteiger partial charge in [0.2, 0.25) is 5.91 Å². The number of thioether (sulfide) groups is 1. The topological polar surface area (TPSA) is 41.1 Å². The second-order valence-electron chi connectivity index (χ2n) is 3.69. The fraction of sp³-hybridized carbons (Fsp3) is 0.462. The minimum Gasteiger partial charge on any atom is -0.359 e. The Morgan fingerprint density at radius 1 is 1.24 bits per heavy atom. The van der Waals surface area contributed by atoms with E-state index < -0.39 is 0 Å². The molecule has 0 aliphatic rings. The maximum atomic E-state index is 10.9. The van der Waals surface area contributed by atoms with Gasteiger partial charge in [-0.25, -0.2) is 0 Å². The smallest absolute Gasteiger partial charge is 0.219 e. The SMILES string of the molecule is CNC(=O)CCCNCCSc1ccccc1. The van der Waals surface area contributed by atoms with Crippen LogP contribution in [-0.4, -0.2) is 31.8 Å². The van der Waals surface area contributed by atoms with E-state index in [1.165, 1.54) is 4.90 Å². The number of rotatable bonds is 8. The maximum Gasteiger partial charge on any atom is 0.219 e. The molecule has 0 unspecified atom stereocenters. The average Bonchev–Trinajstić information content (AvgIpc) is 2.38. The number of carbonyl (C=O) groups is 1. The van der Waals surface area contributed by atoms with Gasteiger partial charge in [-0.2, -0.15) is 0 Å². The summed E-state index contributed by atoms with van der Waals surface area (Å²) in [6, 6.07) is 10.4. The first kappa shape index (κ1) is 14.1. The van der Waals surface area contributed by atoms with E-state index in [1.807, 2.05) is 17.8 Å². The largest absolute Gasteiger partial charge is 0.359 e. The fourth-order valence-corrected chi connectivity index (χ4v) is 2.21. The van der Waals surface area contributed by atoms with Gasteiger partial charge < -0.3 is 10.6 Å². The number of carbonyl (C=O) groups excluding carboxylic acids is 1. The summed E-state index contributed by atoms with van der Waals surface area (Å²) in [7, 11) is 1.67. The van der Waals surface area contributed by atoms with Gasteiger partial charge in [0.1, 0.15) is 0 Å². The van der Waals surface area contributed by atoms with Crippen molar-refractivity contribution in [3.63, 3.8) is 0 Å². The van der Waals surface area contributed by atoms with E-state index in [9.17, 15) is 4.79 Å². The molecule has 0 aliphatic heterocycles. The second-order valence-corrected chi connectivity index (χ2v) is 4.86. The lowest BCUT2D eigenvalue weighted by Crippen LogP contribution is -2.22. The zero-order valence-corrected chi connectivity index (χ0v) is 11.1. The lowest BCUT2D eigenvalue weighted by atomic mass is 10.3. The van der Waals surface area contributed by atoms with Gasteiger partial charge in [0.25, 0.3) is 0 Å². The maximum absolute atomic E-state index is 10.9. The molecule has 1 aromatic carbocycles. The van der Waals surface area contributed by atoms with Gasteiger partial charge in [-0.1, -0.05) is 18.2 Å². The third kappa shape index (κ3) is 7.02. The van der Waals surface area contributed by atoms with E-state index >= 15 is 0 Å². The van der Waals surface area contributed by atoms with E-state index in [-0.39, 0.29) is 5.91 Å². The highest BCUT2D eigenvalue weighted by molar-refractivity contribution is 7.99. The molecule has 0 bridgehead atoms. The number of hydrogen-bond donors (Lipinski definition) is 2. The van der Waals surface area contributed by atoms with Crippen LogP contribution < -0.4 is 10.6 Å². The standard InChI is InChI=1S/C13H20N2OS/c1-14-13(16)8-5-9-15-10-11-17-12-6-3-2-4-7-12/h2-4,6-7,15H,5,8-11H2,1H3,(H,14,16). The van der Waals surface area contributed by atoms with Crippen LogP contribution in [0.4, 0.5) is 0 Å². The Morgan fingerprint density at radius 3 is 2.71 bits per heavy atom. The Kier molecular flexibility index (Phi) is 7.51. The van der Waals surface area contributed by atoms with Crippen LogP contribution in [0.1, 0.15) is 12.8 Å². The molecule has 1 amide bonds.